The maximum Gasteiger partial charge on any atom is 0.315 e. The molecule has 0 spiro atoms. The van der Waals surface area contributed by atoms with E-state index in [0.29, 0.717) is 6.61 Å². The number of nitrogens with zero attached hydrogens (tertiary/aromatic N) is 2. The van der Waals surface area contributed by atoms with Crippen LogP contribution in [-0.2, 0) is 11.8 Å². The van der Waals surface area contributed by atoms with Crippen molar-refractivity contribution in [2.45, 2.75) is 38.5 Å². The van der Waals surface area contributed by atoms with Crippen molar-refractivity contribution in [1.82, 2.24) is 20.4 Å². The molecule has 7 heteroatoms. The third kappa shape index (κ3) is 3.24. The minimum atomic E-state index is -0.226. The number of urea groups is 1. The molecule has 2 aromatic heterocycles. The molecule has 2 amide bonds. The summed E-state index contributed by atoms with van der Waals surface area (Å²) < 4.78 is 12.9. The zero-order valence-electron chi connectivity index (χ0n) is 13.6. The molecule has 1 aliphatic heterocycles. The van der Waals surface area contributed by atoms with Crippen molar-refractivity contribution >= 4 is 6.03 Å². The lowest BCUT2D eigenvalue weighted by Gasteiger charge is -2.21. The first kappa shape index (κ1) is 15.6. The summed E-state index contributed by atoms with van der Waals surface area (Å²) in [5.41, 5.74) is 2.07. The summed E-state index contributed by atoms with van der Waals surface area (Å²) in [5.74, 6) is 0.725. The van der Waals surface area contributed by atoms with E-state index in [1.54, 1.807) is 12.3 Å². The third-order valence-electron chi connectivity index (χ3n) is 4.31. The molecule has 124 valence electrons. The highest BCUT2D eigenvalue weighted by molar-refractivity contribution is 5.74. The molecule has 1 saturated heterocycles. The van der Waals surface area contributed by atoms with Crippen LogP contribution < -0.4 is 10.6 Å². The van der Waals surface area contributed by atoms with Crippen LogP contribution in [0.1, 0.15) is 42.5 Å². The van der Waals surface area contributed by atoms with E-state index in [1.807, 2.05) is 37.8 Å². The average molecular weight is 318 g/mol. The Bertz CT molecular complexity index is 665. The van der Waals surface area contributed by atoms with Gasteiger partial charge in [0.05, 0.1) is 24.5 Å². The van der Waals surface area contributed by atoms with Gasteiger partial charge in [-0.15, -0.1) is 0 Å². The predicted octanol–water partition coefficient (Wildman–Crippen LogP) is 2.21. The number of amides is 2. The summed E-state index contributed by atoms with van der Waals surface area (Å²) in [4.78, 5) is 12.2. The Morgan fingerprint density at radius 2 is 2.35 bits per heavy atom. The monoisotopic (exact) mass is 318 g/mol. The normalized spacial score (nSPS) is 22.0. The molecular formula is C16H22N4O3. The van der Waals surface area contributed by atoms with Gasteiger partial charge in [0.2, 0.25) is 0 Å². The van der Waals surface area contributed by atoms with Crippen LogP contribution in [0.2, 0.25) is 0 Å². The zero-order valence-corrected chi connectivity index (χ0v) is 13.6. The molecular weight excluding hydrogens is 296 g/mol. The van der Waals surface area contributed by atoms with Crippen LogP contribution in [0.15, 0.2) is 29.0 Å². The fraction of sp³-hybridized carbons (Fsp3) is 0.500. The molecule has 1 aliphatic rings. The van der Waals surface area contributed by atoms with Crippen molar-refractivity contribution in [3.05, 3.63) is 41.6 Å². The van der Waals surface area contributed by atoms with Crippen molar-refractivity contribution in [3.8, 4) is 0 Å². The molecule has 0 aliphatic carbocycles. The van der Waals surface area contributed by atoms with Crippen molar-refractivity contribution in [3.63, 3.8) is 0 Å². The van der Waals surface area contributed by atoms with Crippen molar-refractivity contribution in [1.29, 1.82) is 0 Å². The molecule has 3 rings (SSSR count). The van der Waals surface area contributed by atoms with E-state index in [0.717, 1.165) is 23.4 Å². The quantitative estimate of drug-likeness (QED) is 0.905. The molecule has 2 aromatic rings. The summed E-state index contributed by atoms with van der Waals surface area (Å²) in [6.07, 6.45) is 4.02. The third-order valence-corrected chi connectivity index (χ3v) is 4.31. The van der Waals surface area contributed by atoms with Gasteiger partial charge in [-0.25, -0.2) is 4.79 Å². The largest absolute Gasteiger partial charge is 0.467 e. The number of furan rings is 1. The van der Waals surface area contributed by atoms with E-state index >= 15 is 0 Å². The van der Waals surface area contributed by atoms with Crippen LogP contribution >= 0.6 is 0 Å². The molecule has 0 bridgehead atoms. The van der Waals surface area contributed by atoms with E-state index in [1.165, 1.54) is 0 Å². The first-order valence-electron chi connectivity index (χ1n) is 7.76. The van der Waals surface area contributed by atoms with Gasteiger partial charge in [-0.05, 0) is 32.4 Å². The average Bonchev–Trinajstić information content (AvgIpc) is 3.23. The predicted molar refractivity (Wildman–Crippen MR) is 83.8 cm³/mol. The Morgan fingerprint density at radius 3 is 3.00 bits per heavy atom. The minimum absolute atomic E-state index is 0.0679. The molecule has 7 nitrogen and oxygen atoms in total. The molecule has 3 atom stereocenters. The number of carbonyl (C=O) groups excluding carboxylic acids is 1. The lowest BCUT2D eigenvalue weighted by Crippen LogP contribution is -2.44. The summed E-state index contributed by atoms with van der Waals surface area (Å²) in [5, 5.41) is 10.1. The molecule has 2 N–H and O–H groups in total. The van der Waals surface area contributed by atoms with Gasteiger partial charge in [0.1, 0.15) is 11.9 Å². The fourth-order valence-corrected chi connectivity index (χ4v) is 2.85. The first-order valence-corrected chi connectivity index (χ1v) is 7.76. The Kier molecular flexibility index (Phi) is 4.38. The standard InChI is InChI=1S/C16H22N4O3/c1-10(14-5-4-7-22-14)18-16(21)19-13-6-8-23-15(13)12-9-17-20(3)11(12)2/h4-5,7,9-10,13,15H,6,8H2,1-3H3,(H2,18,19,21)/t10-,13-,15+/m0/s1. The van der Waals surface area contributed by atoms with Gasteiger partial charge in [0.25, 0.3) is 0 Å². The number of hydrogen-bond donors (Lipinski definition) is 2. The highest BCUT2D eigenvalue weighted by atomic mass is 16.5. The SMILES string of the molecule is Cc1c([C@H]2OCC[C@@H]2NC(=O)N[C@@H](C)c2ccco2)cnn1C. The van der Waals surface area contributed by atoms with Gasteiger partial charge >= 0.3 is 6.03 Å². The number of carbonyl (C=O) groups is 1. The summed E-state index contributed by atoms with van der Waals surface area (Å²) in [6.45, 7) is 4.50. The van der Waals surface area contributed by atoms with Crippen molar-refractivity contribution < 1.29 is 13.9 Å². The van der Waals surface area contributed by atoms with Gasteiger partial charge in [0.15, 0.2) is 0 Å². The number of rotatable bonds is 4. The first-order chi connectivity index (χ1) is 11.1. The Balaban J connectivity index is 1.62. The maximum atomic E-state index is 12.2. The Morgan fingerprint density at radius 1 is 1.52 bits per heavy atom. The van der Waals surface area contributed by atoms with Gasteiger partial charge in [0, 0.05) is 24.9 Å². The molecule has 0 saturated carbocycles. The van der Waals surface area contributed by atoms with Gasteiger partial charge < -0.3 is 19.8 Å². The van der Waals surface area contributed by atoms with E-state index in [2.05, 4.69) is 15.7 Å². The van der Waals surface area contributed by atoms with E-state index in [-0.39, 0.29) is 24.2 Å². The number of aromatic nitrogens is 2. The van der Waals surface area contributed by atoms with Gasteiger partial charge in [-0.3, -0.25) is 4.68 Å². The second kappa shape index (κ2) is 6.45. The van der Waals surface area contributed by atoms with Crippen LogP contribution in [0, 0.1) is 6.92 Å². The van der Waals surface area contributed by atoms with Crippen LogP contribution in [-0.4, -0.2) is 28.5 Å². The second-order valence-corrected chi connectivity index (χ2v) is 5.85. The molecule has 3 heterocycles. The van der Waals surface area contributed by atoms with Crippen LogP contribution in [0.25, 0.3) is 0 Å². The number of ether oxygens (including phenoxy) is 1. The summed E-state index contributed by atoms with van der Waals surface area (Å²) in [6, 6.07) is 3.16. The van der Waals surface area contributed by atoms with Crippen LogP contribution in [0.5, 0.6) is 0 Å². The van der Waals surface area contributed by atoms with E-state index < -0.39 is 0 Å². The number of hydrogen-bond acceptors (Lipinski definition) is 4. The molecule has 0 radical (unpaired) electrons. The van der Waals surface area contributed by atoms with Crippen LogP contribution in [0.4, 0.5) is 4.79 Å². The summed E-state index contributed by atoms with van der Waals surface area (Å²) >= 11 is 0. The lowest BCUT2D eigenvalue weighted by molar-refractivity contribution is 0.0992. The van der Waals surface area contributed by atoms with E-state index in [4.69, 9.17) is 9.15 Å². The van der Waals surface area contributed by atoms with Crippen molar-refractivity contribution in [2.24, 2.45) is 7.05 Å². The lowest BCUT2D eigenvalue weighted by atomic mass is 10.0. The number of aryl methyl sites for hydroxylation is 1. The number of nitrogens with one attached hydrogen (secondary N) is 2. The second-order valence-electron chi connectivity index (χ2n) is 5.85. The Hall–Kier alpha value is -2.28. The Labute approximate surface area is 135 Å². The van der Waals surface area contributed by atoms with E-state index in [9.17, 15) is 4.79 Å². The highest BCUT2D eigenvalue weighted by Crippen LogP contribution is 2.30. The molecule has 0 aromatic carbocycles. The minimum Gasteiger partial charge on any atom is -0.467 e. The zero-order chi connectivity index (χ0) is 16.4. The molecule has 1 fully saturated rings. The smallest absolute Gasteiger partial charge is 0.315 e. The topological polar surface area (TPSA) is 81.3 Å². The van der Waals surface area contributed by atoms with Gasteiger partial charge in [-0.2, -0.15) is 5.10 Å². The maximum absolute atomic E-state index is 12.2. The fourth-order valence-electron chi connectivity index (χ4n) is 2.85. The van der Waals surface area contributed by atoms with Gasteiger partial charge in [-0.1, -0.05) is 0 Å². The summed E-state index contributed by atoms with van der Waals surface area (Å²) in [7, 11) is 1.90. The highest BCUT2D eigenvalue weighted by Gasteiger charge is 2.33. The molecule has 23 heavy (non-hydrogen) atoms. The molecule has 0 unspecified atom stereocenters. The van der Waals surface area contributed by atoms with Crippen molar-refractivity contribution in [2.75, 3.05) is 6.61 Å². The van der Waals surface area contributed by atoms with Crippen LogP contribution in [0.3, 0.4) is 0 Å².